The monoisotopic (exact) mass is 543 g/mol. The molecule has 214 valence electrons. The van der Waals surface area contributed by atoms with Crippen molar-refractivity contribution in [3.05, 3.63) is 23.8 Å². The normalized spacial score (nSPS) is 39.9. The number of hydrogen-bond acceptors (Lipinski definition) is 5. The maximum atomic E-state index is 14.2. The minimum atomic E-state index is -1.02. The molecule has 1 aromatic heterocycles. The molecule has 6 rings (SSSR count). The van der Waals surface area contributed by atoms with Gasteiger partial charge in [0.25, 0.3) is 0 Å². The molecule has 0 amide bonds. The fourth-order valence-corrected chi connectivity index (χ4v) is 9.65. The molecule has 0 radical (unpaired) electrons. The molecule has 4 aliphatic rings. The van der Waals surface area contributed by atoms with Crippen LogP contribution in [0, 0.1) is 52.1 Å². The van der Waals surface area contributed by atoms with Gasteiger partial charge in [-0.2, -0.15) is 9.90 Å². The Balaban J connectivity index is 1.23. The molecule has 0 saturated heterocycles. The van der Waals surface area contributed by atoms with Gasteiger partial charge in [0.1, 0.15) is 12.1 Å². The number of fused-ring (bicyclic) bond motifs is 6. The van der Waals surface area contributed by atoms with Crippen molar-refractivity contribution in [1.82, 2.24) is 15.0 Å². The van der Waals surface area contributed by atoms with Crippen LogP contribution in [0.5, 0.6) is 0 Å². The highest BCUT2D eigenvalue weighted by atomic mass is 19.2. The van der Waals surface area contributed by atoms with E-state index < -0.39 is 17.2 Å². The number of benzene rings is 1. The summed E-state index contributed by atoms with van der Waals surface area (Å²) in [5, 5.41) is 19.3. The molecule has 4 saturated carbocycles. The third-order valence-corrected chi connectivity index (χ3v) is 11.5. The number of rotatable bonds is 6. The van der Waals surface area contributed by atoms with Crippen LogP contribution < -0.4 is 0 Å². The lowest BCUT2D eigenvalue weighted by molar-refractivity contribution is -0.183. The van der Waals surface area contributed by atoms with E-state index in [2.05, 4.69) is 31.0 Å². The third-order valence-electron chi connectivity index (χ3n) is 11.5. The van der Waals surface area contributed by atoms with E-state index in [9.17, 15) is 18.7 Å². The van der Waals surface area contributed by atoms with Crippen LogP contribution in [0.3, 0.4) is 0 Å². The van der Waals surface area contributed by atoms with Gasteiger partial charge in [-0.1, -0.05) is 6.92 Å². The summed E-state index contributed by atoms with van der Waals surface area (Å²) in [6.07, 6.45) is 9.17. The predicted molar refractivity (Wildman–Crippen MR) is 144 cm³/mol. The van der Waals surface area contributed by atoms with E-state index in [0.29, 0.717) is 23.7 Å². The summed E-state index contributed by atoms with van der Waals surface area (Å²) < 4.78 is 34.2. The van der Waals surface area contributed by atoms with E-state index in [1.807, 2.05) is 6.92 Å². The van der Waals surface area contributed by atoms with Gasteiger partial charge < -0.3 is 9.84 Å². The van der Waals surface area contributed by atoms with Crippen molar-refractivity contribution in [1.29, 1.82) is 0 Å². The molecule has 8 atom stereocenters. The van der Waals surface area contributed by atoms with Gasteiger partial charge in [0.2, 0.25) is 0 Å². The maximum Gasteiger partial charge on any atom is 0.188 e. The number of Topliss-reactive ketones (excluding diaryl/α,β-unsaturated/α-hetero) is 1. The largest absolute Gasteiger partial charge is 0.390 e. The van der Waals surface area contributed by atoms with Gasteiger partial charge in [0, 0.05) is 5.92 Å². The molecule has 0 spiro atoms. The van der Waals surface area contributed by atoms with Crippen LogP contribution in [-0.4, -0.2) is 44.2 Å². The predicted octanol–water partition coefficient (Wildman–Crippen LogP) is 6.09. The number of ether oxygens (including phenoxy) is 1. The van der Waals surface area contributed by atoms with Gasteiger partial charge in [-0.15, -0.1) is 5.10 Å². The van der Waals surface area contributed by atoms with Gasteiger partial charge in [0.05, 0.1) is 18.3 Å². The number of halogens is 2. The Morgan fingerprint density at radius 1 is 1.08 bits per heavy atom. The zero-order valence-electron chi connectivity index (χ0n) is 23.8. The highest BCUT2D eigenvalue weighted by Crippen LogP contribution is 2.68. The molecule has 0 unspecified atom stereocenters. The average Bonchev–Trinajstić information content (AvgIpc) is 3.45. The first-order chi connectivity index (χ1) is 18.4. The summed E-state index contributed by atoms with van der Waals surface area (Å²) in [5.74, 6) is 0.138. The number of aromatic nitrogens is 3. The third kappa shape index (κ3) is 4.44. The minimum Gasteiger partial charge on any atom is -0.390 e. The van der Waals surface area contributed by atoms with E-state index in [4.69, 9.17) is 4.74 Å². The molecule has 8 heteroatoms. The van der Waals surface area contributed by atoms with Crippen LogP contribution in [0.15, 0.2) is 12.1 Å². The van der Waals surface area contributed by atoms with Crippen LogP contribution in [0.1, 0.15) is 85.5 Å². The molecule has 4 aliphatic carbocycles. The number of nitrogens with zero attached hydrogens (tertiary/aromatic N) is 3. The first-order valence-electron chi connectivity index (χ1n) is 15.0. The van der Waals surface area contributed by atoms with Crippen molar-refractivity contribution >= 4 is 16.8 Å². The molecule has 1 N–H and O–H groups in total. The van der Waals surface area contributed by atoms with Crippen LogP contribution in [0.25, 0.3) is 11.0 Å². The Kier molecular flexibility index (Phi) is 6.69. The van der Waals surface area contributed by atoms with Gasteiger partial charge >= 0.3 is 0 Å². The topological polar surface area (TPSA) is 77.2 Å². The fourth-order valence-electron chi connectivity index (χ4n) is 9.65. The van der Waals surface area contributed by atoms with Gasteiger partial charge in [0.15, 0.2) is 22.9 Å². The zero-order chi connectivity index (χ0) is 27.7. The summed E-state index contributed by atoms with van der Waals surface area (Å²) in [6.45, 7) is 9.30. The highest BCUT2D eigenvalue weighted by molar-refractivity contribution is 5.82. The quantitative estimate of drug-likeness (QED) is 0.477. The second kappa shape index (κ2) is 9.57. The lowest BCUT2D eigenvalue weighted by atomic mass is 9.43. The SMILES string of the molecule is CC(C)OC[C@]12CC[C@@](C)(O)C[C@H]1CC[C@H]1[C@@H]3CC[C@H](C(=O)Cn4nc5ccc(F)c(F)c5n4)[C@@]3(C)CC[C@@H]12. The minimum absolute atomic E-state index is 0.0138. The van der Waals surface area contributed by atoms with Crippen LogP contribution in [0.2, 0.25) is 0 Å². The van der Waals surface area contributed by atoms with Gasteiger partial charge in [-0.3, -0.25) is 4.79 Å². The molecule has 2 aromatic rings. The molecular weight excluding hydrogens is 500 g/mol. The van der Waals surface area contributed by atoms with E-state index in [1.165, 1.54) is 10.9 Å². The molecule has 1 aromatic carbocycles. The van der Waals surface area contributed by atoms with Crippen molar-refractivity contribution in [3.8, 4) is 0 Å². The number of carbonyl (C=O) groups is 1. The van der Waals surface area contributed by atoms with Crippen molar-refractivity contribution in [2.75, 3.05) is 6.61 Å². The van der Waals surface area contributed by atoms with Crippen molar-refractivity contribution < 1.29 is 23.4 Å². The molecule has 0 aliphatic heterocycles. The second-order valence-corrected chi connectivity index (χ2v) is 14.0. The van der Waals surface area contributed by atoms with Crippen LogP contribution >= 0.6 is 0 Å². The van der Waals surface area contributed by atoms with E-state index >= 15 is 0 Å². The Morgan fingerprint density at radius 3 is 2.64 bits per heavy atom. The van der Waals surface area contributed by atoms with Crippen molar-refractivity contribution in [2.24, 2.45) is 40.4 Å². The smallest absolute Gasteiger partial charge is 0.188 e. The Morgan fingerprint density at radius 2 is 1.87 bits per heavy atom. The van der Waals surface area contributed by atoms with E-state index in [-0.39, 0.29) is 46.2 Å². The fraction of sp³-hybridized carbons (Fsp3) is 0.774. The van der Waals surface area contributed by atoms with Crippen LogP contribution in [0.4, 0.5) is 8.78 Å². The molecule has 39 heavy (non-hydrogen) atoms. The molecular formula is C31H43F2N3O3. The number of aliphatic hydroxyl groups is 1. The highest BCUT2D eigenvalue weighted by Gasteiger charge is 2.63. The molecule has 4 fully saturated rings. The Hall–Kier alpha value is -1.93. The summed E-state index contributed by atoms with van der Waals surface area (Å²) in [6, 6.07) is 2.44. The summed E-state index contributed by atoms with van der Waals surface area (Å²) >= 11 is 0. The average molecular weight is 544 g/mol. The number of carbonyl (C=O) groups excluding carboxylic acids is 1. The van der Waals surface area contributed by atoms with E-state index in [1.54, 1.807) is 0 Å². The van der Waals surface area contributed by atoms with Crippen molar-refractivity contribution in [3.63, 3.8) is 0 Å². The molecule has 6 nitrogen and oxygen atoms in total. The Bertz CT molecular complexity index is 1260. The molecule has 1 heterocycles. The zero-order valence-corrected chi connectivity index (χ0v) is 23.8. The van der Waals surface area contributed by atoms with E-state index in [0.717, 1.165) is 70.5 Å². The summed E-state index contributed by atoms with van der Waals surface area (Å²) in [7, 11) is 0. The van der Waals surface area contributed by atoms with Crippen molar-refractivity contribution in [2.45, 2.75) is 104 Å². The first-order valence-corrected chi connectivity index (χ1v) is 15.0. The maximum absolute atomic E-state index is 14.2. The lowest BCUT2D eigenvalue weighted by Gasteiger charge is -2.62. The summed E-state index contributed by atoms with van der Waals surface area (Å²) in [5.41, 5.74) is -0.426. The van der Waals surface area contributed by atoms with Gasteiger partial charge in [-0.05, 0) is 125 Å². The van der Waals surface area contributed by atoms with Gasteiger partial charge in [-0.25, -0.2) is 8.78 Å². The lowest BCUT2D eigenvalue weighted by Crippen LogP contribution is -2.58. The number of hydrogen-bond donors (Lipinski definition) is 1. The van der Waals surface area contributed by atoms with Crippen LogP contribution in [-0.2, 0) is 16.1 Å². The molecule has 0 bridgehead atoms. The number of ketones is 1. The standard InChI is InChI=1S/C31H43F2N3O3/c1-18(2)39-17-31-14-13-29(3,38)15-19(31)5-6-20-21-7-8-23(30(21,4)12-11-22(20)31)26(37)16-36-34-25-10-9-24(32)27(33)28(25)35-36/h9-10,18-23,38H,5-8,11-17H2,1-4H3/t19-,20+,21+,22+,23-,29-,30+,31-/m1/s1. The summed E-state index contributed by atoms with van der Waals surface area (Å²) in [4.78, 5) is 14.9. The first kappa shape index (κ1) is 27.3. The Labute approximate surface area is 229 Å². The second-order valence-electron chi connectivity index (χ2n) is 14.0.